The Morgan fingerprint density at radius 2 is 2.25 bits per heavy atom. The molecule has 2 fully saturated rings. The van der Waals surface area contributed by atoms with Crippen LogP contribution in [0.25, 0.3) is 0 Å². The standard InChI is InChI=1S/C10H14FN3O.ClH/c11-7-4-8(12-5-7)10-13-9(14-15-10)3-6-1-2-6;/h6-8,12H,1-5H2;1H/t7-,8+;/m0./s1. The van der Waals surface area contributed by atoms with Gasteiger partial charge in [0.15, 0.2) is 5.82 Å². The maximum Gasteiger partial charge on any atom is 0.243 e. The van der Waals surface area contributed by atoms with E-state index in [0.29, 0.717) is 18.9 Å². The Balaban J connectivity index is 0.000000963. The van der Waals surface area contributed by atoms with Gasteiger partial charge in [-0.05, 0) is 18.8 Å². The highest BCUT2D eigenvalue weighted by Crippen LogP contribution is 2.32. The molecule has 0 aromatic carbocycles. The van der Waals surface area contributed by atoms with Crippen molar-refractivity contribution in [2.75, 3.05) is 6.54 Å². The van der Waals surface area contributed by atoms with Gasteiger partial charge in [0.2, 0.25) is 5.89 Å². The molecule has 1 saturated heterocycles. The summed E-state index contributed by atoms with van der Waals surface area (Å²) >= 11 is 0. The van der Waals surface area contributed by atoms with Crippen LogP contribution in [-0.2, 0) is 6.42 Å². The summed E-state index contributed by atoms with van der Waals surface area (Å²) in [4.78, 5) is 4.30. The zero-order valence-electron chi connectivity index (χ0n) is 8.86. The second-order valence-corrected chi connectivity index (χ2v) is 4.49. The van der Waals surface area contributed by atoms with Crippen molar-refractivity contribution < 1.29 is 8.91 Å². The minimum atomic E-state index is -0.784. The topological polar surface area (TPSA) is 51.0 Å². The van der Waals surface area contributed by atoms with Crippen molar-refractivity contribution in [3.63, 3.8) is 0 Å². The van der Waals surface area contributed by atoms with E-state index in [-0.39, 0.29) is 18.4 Å². The molecule has 2 aliphatic rings. The molecule has 1 N–H and O–H groups in total. The van der Waals surface area contributed by atoms with Crippen molar-refractivity contribution in [1.29, 1.82) is 0 Å². The zero-order chi connectivity index (χ0) is 10.3. The minimum Gasteiger partial charge on any atom is -0.338 e. The van der Waals surface area contributed by atoms with Crippen molar-refractivity contribution >= 4 is 12.4 Å². The lowest BCUT2D eigenvalue weighted by Crippen LogP contribution is -2.14. The third-order valence-electron chi connectivity index (χ3n) is 3.03. The van der Waals surface area contributed by atoms with Gasteiger partial charge in [-0.1, -0.05) is 5.16 Å². The Morgan fingerprint density at radius 1 is 1.44 bits per heavy atom. The molecule has 90 valence electrons. The average Bonchev–Trinajstić information content (AvgIpc) is 2.74. The molecule has 1 saturated carbocycles. The summed E-state index contributed by atoms with van der Waals surface area (Å²) in [5.74, 6) is 2.07. The van der Waals surface area contributed by atoms with Crippen molar-refractivity contribution in [2.45, 2.75) is 37.9 Å². The van der Waals surface area contributed by atoms with Gasteiger partial charge in [-0.3, -0.25) is 0 Å². The minimum absolute atomic E-state index is 0. The Morgan fingerprint density at radius 3 is 2.88 bits per heavy atom. The van der Waals surface area contributed by atoms with Gasteiger partial charge in [0, 0.05) is 19.4 Å². The van der Waals surface area contributed by atoms with Gasteiger partial charge in [-0.15, -0.1) is 12.4 Å². The van der Waals surface area contributed by atoms with Crippen LogP contribution in [-0.4, -0.2) is 22.9 Å². The predicted molar refractivity (Wildman–Crippen MR) is 58.2 cm³/mol. The molecule has 2 atom stereocenters. The van der Waals surface area contributed by atoms with E-state index < -0.39 is 6.17 Å². The SMILES string of the molecule is Cl.F[C@@H]1CN[C@@H](c2nc(CC3CC3)no2)C1. The van der Waals surface area contributed by atoms with Gasteiger partial charge >= 0.3 is 0 Å². The first kappa shape index (κ1) is 11.8. The van der Waals surface area contributed by atoms with E-state index >= 15 is 0 Å². The maximum absolute atomic E-state index is 12.9. The van der Waals surface area contributed by atoms with E-state index in [1.165, 1.54) is 12.8 Å². The quantitative estimate of drug-likeness (QED) is 0.885. The number of halogens is 2. The lowest BCUT2D eigenvalue weighted by molar-refractivity contribution is 0.322. The summed E-state index contributed by atoms with van der Waals surface area (Å²) in [5.41, 5.74) is 0. The summed E-state index contributed by atoms with van der Waals surface area (Å²) < 4.78 is 18.1. The molecule has 0 amide bonds. The van der Waals surface area contributed by atoms with Crippen LogP contribution in [0.3, 0.4) is 0 Å². The van der Waals surface area contributed by atoms with E-state index in [1.807, 2.05) is 0 Å². The van der Waals surface area contributed by atoms with Crippen LogP contribution in [0.2, 0.25) is 0 Å². The summed E-state index contributed by atoms with van der Waals surface area (Å²) in [6, 6.07) is -0.0829. The number of rotatable bonds is 3. The molecular weight excluding hydrogens is 233 g/mol. The fraction of sp³-hybridized carbons (Fsp3) is 0.800. The fourth-order valence-corrected chi connectivity index (χ4v) is 1.95. The number of nitrogens with one attached hydrogen (secondary N) is 1. The van der Waals surface area contributed by atoms with Gasteiger partial charge in [0.1, 0.15) is 6.17 Å². The largest absolute Gasteiger partial charge is 0.338 e. The molecule has 3 rings (SSSR count). The van der Waals surface area contributed by atoms with Crippen molar-refractivity contribution in [3.8, 4) is 0 Å². The Hall–Kier alpha value is -0.680. The van der Waals surface area contributed by atoms with Crippen LogP contribution in [0.4, 0.5) is 4.39 Å². The second-order valence-electron chi connectivity index (χ2n) is 4.49. The molecule has 0 unspecified atom stereocenters. The Labute approximate surface area is 99.4 Å². The van der Waals surface area contributed by atoms with Crippen molar-refractivity contribution in [1.82, 2.24) is 15.5 Å². The van der Waals surface area contributed by atoms with Gasteiger partial charge in [-0.25, -0.2) is 4.39 Å². The summed E-state index contributed by atoms with van der Waals surface area (Å²) in [5, 5.41) is 6.95. The van der Waals surface area contributed by atoms with Crippen LogP contribution < -0.4 is 5.32 Å². The first-order valence-corrected chi connectivity index (χ1v) is 5.51. The van der Waals surface area contributed by atoms with E-state index in [4.69, 9.17) is 4.52 Å². The molecule has 4 nitrogen and oxygen atoms in total. The van der Waals surface area contributed by atoms with Crippen LogP contribution in [0.15, 0.2) is 4.52 Å². The predicted octanol–water partition coefficient (Wildman–Crippen LogP) is 1.82. The molecule has 1 aliphatic carbocycles. The zero-order valence-corrected chi connectivity index (χ0v) is 9.67. The van der Waals surface area contributed by atoms with E-state index in [2.05, 4.69) is 15.5 Å². The number of hydrogen-bond donors (Lipinski definition) is 1. The Kier molecular flexibility index (Phi) is 3.44. The van der Waals surface area contributed by atoms with Crippen LogP contribution in [0, 0.1) is 5.92 Å². The van der Waals surface area contributed by atoms with Crippen LogP contribution in [0.5, 0.6) is 0 Å². The molecule has 6 heteroatoms. The van der Waals surface area contributed by atoms with Gasteiger partial charge in [0.25, 0.3) is 0 Å². The summed E-state index contributed by atoms with van der Waals surface area (Å²) in [6.07, 6.45) is 3.13. The molecule has 1 aliphatic heterocycles. The number of alkyl halides is 1. The number of aromatic nitrogens is 2. The van der Waals surface area contributed by atoms with Crippen LogP contribution in [0.1, 0.15) is 37.0 Å². The third-order valence-corrected chi connectivity index (χ3v) is 3.03. The van der Waals surface area contributed by atoms with Gasteiger partial charge in [0.05, 0.1) is 6.04 Å². The molecule has 0 spiro atoms. The van der Waals surface area contributed by atoms with Crippen LogP contribution >= 0.6 is 12.4 Å². The van der Waals surface area contributed by atoms with Gasteiger partial charge < -0.3 is 9.84 Å². The molecule has 0 bridgehead atoms. The lowest BCUT2D eigenvalue weighted by Gasteiger charge is -2.00. The fourth-order valence-electron chi connectivity index (χ4n) is 1.95. The normalized spacial score (nSPS) is 29.1. The smallest absolute Gasteiger partial charge is 0.243 e. The third kappa shape index (κ3) is 2.52. The number of hydrogen-bond acceptors (Lipinski definition) is 4. The highest BCUT2D eigenvalue weighted by Gasteiger charge is 2.30. The maximum atomic E-state index is 12.9. The first-order chi connectivity index (χ1) is 7.31. The number of nitrogens with zero attached hydrogens (tertiary/aromatic N) is 2. The molecule has 0 radical (unpaired) electrons. The molecule has 16 heavy (non-hydrogen) atoms. The summed E-state index contributed by atoms with van der Waals surface area (Å²) in [7, 11) is 0. The van der Waals surface area contributed by atoms with Crippen molar-refractivity contribution in [3.05, 3.63) is 11.7 Å². The molecule has 1 aromatic heterocycles. The average molecular weight is 248 g/mol. The molecular formula is C10H15ClFN3O. The molecule has 2 heterocycles. The van der Waals surface area contributed by atoms with E-state index in [1.54, 1.807) is 0 Å². The second kappa shape index (κ2) is 4.67. The first-order valence-electron chi connectivity index (χ1n) is 5.51. The van der Waals surface area contributed by atoms with E-state index in [0.717, 1.165) is 18.2 Å². The molecule has 1 aromatic rings. The highest BCUT2D eigenvalue weighted by molar-refractivity contribution is 5.85. The monoisotopic (exact) mass is 247 g/mol. The lowest BCUT2D eigenvalue weighted by atomic mass is 10.2. The van der Waals surface area contributed by atoms with Gasteiger partial charge in [-0.2, -0.15) is 4.98 Å². The Bertz CT molecular complexity index is 356. The van der Waals surface area contributed by atoms with E-state index in [9.17, 15) is 4.39 Å². The van der Waals surface area contributed by atoms with Crippen molar-refractivity contribution in [2.24, 2.45) is 5.92 Å². The summed E-state index contributed by atoms with van der Waals surface area (Å²) in [6.45, 7) is 0.394. The highest BCUT2D eigenvalue weighted by atomic mass is 35.5.